The molecule has 0 amide bonds. The van der Waals surface area contributed by atoms with Crippen LogP contribution >= 0.6 is 0 Å². The standard InChI is InChI=1S/C18H28N2O/c1-4-20(14-7-5-6-8-14)17-11-13-9-10-15(21-3)12-16(13)18(17)19-2/h9-10,12,14,17-19H,4-8,11H2,1-3H3. The molecule has 0 aliphatic heterocycles. The Balaban J connectivity index is 1.86. The normalized spacial score (nSPS) is 25.5. The van der Waals surface area contributed by atoms with Gasteiger partial charge in [-0.3, -0.25) is 4.90 Å². The quantitative estimate of drug-likeness (QED) is 0.901. The van der Waals surface area contributed by atoms with Crippen LogP contribution in [0.3, 0.4) is 0 Å². The number of likely N-dealkylation sites (N-methyl/N-ethyl adjacent to an activating group) is 2. The van der Waals surface area contributed by atoms with E-state index in [0.29, 0.717) is 12.1 Å². The lowest BCUT2D eigenvalue weighted by atomic mass is 10.0. The molecule has 1 aromatic rings. The van der Waals surface area contributed by atoms with Gasteiger partial charge in [0, 0.05) is 18.1 Å². The average molecular weight is 288 g/mol. The second kappa shape index (κ2) is 6.37. The highest BCUT2D eigenvalue weighted by Crippen LogP contribution is 2.39. The van der Waals surface area contributed by atoms with Crippen LogP contribution in [0.4, 0.5) is 0 Å². The molecule has 3 rings (SSSR count). The number of methoxy groups -OCH3 is 1. The van der Waals surface area contributed by atoms with Crippen LogP contribution in [0.25, 0.3) is 0 Å². The third-order valence-electron chi connectivity index (χ3n) is 5.40. The van der Waals surface area contributed by atoms with Crippen LogP contribution in [0.1, 0.15) is 49.8 Å². The maximum Gasteiger partial charge on any atom is 0.119 e. The molecule has 2 atom stereocenters. The van der Waals surface area contributed by atoms with Gasteiger partial charge >= 0.3 is 0 Å². The number of nitrogens with zero attached hydrogens (tertiary/aromatic N) is 1. The minimum absolute atomic E-state index is 0.427. The van der Waals surface area contributed by atoms with E-state index < -0.39 is 0 Å². The van der Waals surface area contributed by atoms with Gasteiger partial charge in [0.2, 0.25) is 0 Å². The third-order valence-corrected chi connectivity index (χ3v) is 5.40. The summed E-state index contributed by atoms with van der Waals surface area (Å²) in [5.74, 6) is 0.971. The summed E-state index contributed by atoms with van der Waals surface area (Å²) in [5.41, 5.74) is 2.91. The zero-order chi connectivity index (χ0) is 14.8. The molecule has 0 aromatic heterocycles. The molecule has 2 aliphatic carbocycles. The summed E-state index contributed by atoms with van der Waals surface area (Å²) >= 11 is 0. The van der Waals surface area contributed by atoms with Gasteiger partial charge in [0.05, 0.1) is 7.11 Å². The van der Waals surface area contributed by atoms with Gasteiger partial charge in [0.15, 0.2) is 0 Å². The first kappa shape index (κ1) is 14.9. The molecule has 116 valence electrons. The van der Waals surface area contributed by atoms with Crippen molar-refractivity contribution in [2.45, 2.75) is 57.2 Å². The van der Waals surface area contributed by atoms with Crippen molar-refractivity contribution < 1.29 is 4.74 Å². The monoisotopic (exact) mass is 288 g/mol. The van der Waals surface area contributed by atoms with Gasteiger partial charge < -0.3 is 10.1 Å². The van der Waals surface area contributed by atoms with Crippen LogP contribution in [-0.4, -0.2) is 37.7 Å². The van der Waals surface area contributed by atoms with Gasteiger partial charge in [-0.15, -0.1) is 0 Å². The van der Waals surface area contributed by atoms with Gasteiger partial charge in [-0.2, -0.15) is 0 Å². The fraction of sp³-hybridized carbons (Fsp3) is 0.667. The summed E-state index contributed by atoms with van der Waals surface area (Å²) < 4.78 is 5.41. The van der Waals surface area contributed by atoms with Gasteiger partial charge in [-0.25, -0.2) is 0 Å². The van der Waals surface area contributed by atoms with Crippen molar-refractivity contribution in [3.8, 4) is 5.75 Å². The molecule has 2 aliphatic rings. The fourth-order valence-corrected chi connectivity index (χ4v) is 4.38. The number of fused-ring (bicyclic) bond motifs is 1. The topological polar surface area (TPSA) is 24.5 Å². The predicted molar refractivity (Wildman–Crippen MR) is 86.9 cm³/mol. The molecule has 0 radical (unpaired) electrons. The maximum atomic E-state index is 5.41. The molecule has 0 spiro atoms. The van der Waals surface area contributed by atoms with E-state index in [4.69, 9.17) is 4.74 Å². The lowest BCUT2D eigenvalue weighted by Crippen LogP contribution is -2.46. The van der Waals surface area contributed by atoms with Crippen molar-refractivity contribution in [3.05, 3.63) is 29.3 Å². The Bertz CT molecular complexity index is 482. The van der Waals surface area contributed by atoms with Crippen molar-refractivity contribution in [2.24, 2.45) is 0 Å². The summed E-state index contributed by atoms with van der Waals surface area (Å²) in [6.45, 7) is 3.47. The minimum atomic E-state index is 0.427. The largest absolute Gasteiger partial charge is 0.497 e. The molecule has 0 heterocycles. The number of ether oxygens (including phenoxy) is 1. The van der Waals surface area contributed by atoms with E-state index in [1.54, 1.807) is 7.11 Å². The van der Waals surface area contributed by atoms with E-state index in [1.165, 1.54) is 36.8 Å². The highest BCUT2D eigenvalue weighted by atomic mass is 16.5. The van der Waals surface area contributed by atoms with Crippen molar-refractivity contribution in [2.75, 3.05) is 20.7 Å². The Hall–Kier alpha value is -1.06. The van der Waals surface area contributed by atoms with Crippen molar-refractivity contribution >= 4 is 0 Å². The zero-order valence-electron chi connectivity index (χ0n) is 13.6. The summed E-state index contributed by atoms with van der Waals surface area (Å²) in [6.07, 6.45) is 6.72. The third kappa shape index (κ3) is 2.69. The molecular formula is C18H28N2O. The molecule has 0 saturated heterocycles. The highest BCUT2D eigenvalue weighted by molar-refractivity contribution is 5.43. The predicted octanol–water partition coefficient (Wildman–Crippen LogP) is 3.14. The second-order valence-corrected chi connectivity index (χ2v) is 6.37. The first-order valence-electron chi connectivity index (χ1n) is 8.38. The summed E-state index contributed by atoms with van der Waals surface area (Å²) in [5, 5.41) is 3.56. The van der Waals surface area contributed by atoms with E-state index in [-0.39, 0.29) is 0 Å². The minimum Gasteiger partial charge on any atom is -0.497 e. The van der Waals surface area contributed by atoms with Crippen molar-refractivity contribution in [1.82, 2.24) is 10.2 Å². The number of nitrogens with one attached hydrogen (secondary N) is 1. The van der Waals surface area contributed by atoms with Crippen LogP contribution in [0, 0.1) is 0 Å². The fourth-order valence-electron chi connectivity index (χ4n) is 4.38. The first-order chi connectivity index (χ1) is 10.3. The van der Waals surface area contributed by atoms with E-state index >= 15 is 0 Å². The molecule has 21 heavy (non-hydrogen) atoms. The van der Waals surface area contributed by atoms with E-state index in [2.05, 4.69) is 42.4 Å². The van der Waals surface area contributed by atoms with E-state index in [1.807, 2.05) is 0 Å². The lowest BCUT2D eigenvalue weighted by Gasteiger charge is -2.37. The van der Waals surface area contributed by atoms with Gasteiger partial charge in [-0.05, 0) is 56.1 Å². The van der Waals surface area contributed by atoms with Crippen LogP contribution in [0.15, 0.2) is 18.2 Å². The Labute approximate surface area is 128 Å². The molecule has 3 heteroatoms. The molecular weight excluding hydrogens is 260 g/mol. The zero-order valence-corrected chi connectivity index (χ0v) is 13.6. The Morgan fingerprint density at radius 1 is 1.29 bits per heavy atom. The van der Waals surface area contributed by atoms with Crippen LogP contribution in [0.2, 0.25) is 0 Å². The number of benzene rings is 1. The molecule has 1 aromatic carbocycles. The van der Waals surface area contributed by atoms with Gasteiger partial charge in [-0.1, -0.05) is 25.8 Å². The van der Waals surface area contributed by atoms with Crippen LogP contribution in [0.5, 0.6) is 5.75 Å². The van der Waals surface area contributed by atoms with Gasteiger partial charge in [0.25, 0.3) is 0 Å². The average Bonchev–Trinajstić information content (AvgIpc) is 3.15. The number of hydrogen-bond donors (Lipinski definition) is 1. The number of hydrogen-bond acceptors (Lipinski definition) is 3. The van der Waals surface area contributed by atoms with Crippen molar-refractivity contribution in [3.63, 3.8) is 0 Å². The summed E-state index contributed by atoms with van der Waals surface area (Å²) in [6, 6.07) is 8.37. The summed E-state index contributed by atoms with van der Waals surface area (Å²) in [4.78, 5) is 2.75. The smallest absolute Gasteiger partial charge is 0.119 e. The Morgan fingerprint density at radius 2 is 2.05 bits per heavy atom. The number of rotatable bonds is 5. The van der Waals surface area contributed by atoms with Crippen molar-refractivity contribution in [1.29, 1.82) is 0 Å². The van der Waals surface area contributed by atoms with Gasteiger partial charge in [0.1, 0.15) is 5.75 Å². The molecule has 2 unspecified atom stereocenters. The SMILES string of the molecule is CCN(C1CCCC1)C1Cc2ccc(OC)cc2C1NC. The highest BCUT2D eigenvalue weighted by Gasteiger charge is 2.38. The first-order valence-corrected chi connectivity index (χ1v) is 8.38. The molecule has 1 fully saturated rings. The molecule has 3 nitrogen and oxygen atoms in total. The Kier molecular flexibility index (Phi) is 4.51. The lowest BCUT2D eigenvalue weighted by molar-refractivity contribution is 0.122. The van der Waals surface area contributed by atoms with E-state index in [9.17, 15) is 0 Å². The maximum absolute atomic E-state index is 5.41. The summed E-state index contributed by atoms with van der Waals surface area (Å²) in [7, 11) is 3.84. The molecule has 1 N–H and O–H groups in total. The van der Waals surface area contributed by atoms with Crippen LogP contribution in [-0.2, 0) is 6.42 Å². The van der Waals surface area contributed by atoms with Crippen LogP contribution < -0.4 is 10.1 Å². The second-order valence-electron chi connectivity index (χ2n) is 6.37. The Morgan fingerprint density at radius 3 is 2.67 bits per heavy atom. The molecule has 0 bridgehead atoms. The molecule has 1 saturated carbocycles. The van der Waals surface area contributed by atoms with E-state index in [0.717, 1.165) is 24.8 Å².